The number of halogens is 2. The van der Waals surface area contributed by atoms with Crippen molar-refractivity contribution in [2.45, 2.75) is 17.6 Å². The first kappa shape index (κ1) is 19.7. The van der Waals surface area contributed by atoms with Crippen molar-refractivity contribution in [1.29, 1.82) is 0 Å². The number of ether oxygens (including phenoxy) is 1. The highest BCUT2D eigenvalue weighted by atomic mass is 32.2. The summed E-state index contributed by atoms with van der Waals surface area (Å²) in [7, 11) is 0. The van der Waals surface area contributed by atoms with Crippen LogP contribution in [0.25, 0.3) is 0 Å². The van der Waals surface area contributed by atoms with E-state index in [1.165, 1.54) is 18.3 Å². The molecule has 0 heterocycles. The maximum Gasteiger partial charge on any atom is 0.288 e. The fourth-order valence-electron chi connectivity index (χ4n) is 1.93. The van der Waals surface area contributed by atoms with Crippen LogP contribution >= 0.6 is 11.8 Å². The normalized spacial score (nSPS) is 10.9. The van der Waals surface area contributed by atoms with Crippen molar-refractivity contribution in [3.63, 3.8) is 0 Å². The molecule has 0 saturated heterocycles. The highest BCUT2D eigenvalue weighted by Crippen LogP contribution is 2.26. The summed E-state index contributed by atoms with van der Waals surface area (Å²) in [6.07, 6.45) is 1.49. The van der Waals surface area contributed by atoms with Crippen LogP contribution in [0, 0.1) is 0 Å². The van der Waals surface area contributed by atoms with Crippen molar-refractivity contribution >= 4 is 29.6 Å². The molecule has 0 aliphatic heterocycles. The Balaban J connectivity index is 1.74. The van der Waals surface area contributed by atoms with Gasteiger partial charge in [-0.05, 0) is 61.0 Å². The summed E-state index contributed by atoms with van der Waals surface area (Å²) in [5.41, 5.74) is 1.30. The molecule has 0 aromatic heterocycles. The molecule has 138 valence electrons. The van der Waals surface area contributed by atoms with E-state index in [0.29, 0.717) is 29.0 Å². The van der Waals surface area contributed by atoms with E-state index >= 15 is 0 Å². The molecular formula is C18H18F2N2O3S. The summed E-state index contributed by atoms with van der Waals surface area (Å²) in [6, 6.07) is 13.4. The molecule has 0 aliphatic carbocycles. The molecule has 2 rings (SSSR count). The highest BCUT2D eigenvalue weighted by Gasteiger charge is 2.06. The molecule has 0 aliphatic rings. The first-order chi connectivity index (χ1) is 12.6. The topological polar surface area (TPSA) is 59.9 Å². The minimum Gasteiger partial charge on any atom is -0.494 e. The Bertz CT molecular complexity index is 722. The molecule has 2 aromatic carbocycles. The van der Waals surface area contributed by atoms with Crippen LogP contribution in [0.4, 0.5) is 14.5 Å². The third-order valence-electron chi connectivity index (χ3n) is 3.03. The standard InChI is InChI=1S/C18H18F2N2O3S/c1-2-24-15-7-3-13(4-8-15)11-21-25-12-17(23)22-14-5-9-16(10-6-14)26-18(19)20/h3-11,18H,2,12H2,1H3,(H,22,23)/b21-11+. The molecular weight excluding hydrogens is 362 g/mol. The zero-order valence-corrected chi connectivity index (χ0v) is 14.8. The number of nitrogens with zero attached hydrogens (tertiary/aromatic N) is 1. The number of carbonyl (C=O) groups is 1. The molecule has 0 unspecified atom stereocenters. The van der Waals surface area contributed by atoms with Crippen LogP contribution in [0.15, 0.2) is 58.6 Å². The van der Waals surface area contributed by atoms with Gasteiger partial charge in [0, 0.05) is 10.6 Å². The summed E-state index contributed by atoms with van der Waals surface area (Å²) in [6.45, 7) is 2.24. The lowest BCUT2D eigenvalue weighted by molar-refractivity contribution is -0.120. The van der Waals surface area contributed by atoms with Gasteiger partial charge in [-0.1, -0.05) is 16.9 Å². The number of amides is 1. The second kappa shape index (κ2) is 10.4. The van der Waals surface area contributed by atoms with E-state index in [4.69, 9.17) is 9.57 Å². The lowest BCUT2D eigenvalue weighted by Crippen LogP contribution is -2.16. The maximum absolute atomic E-state index is 12.2. The predicted octanol–water partition coefficient (Wildman–Crippen LogP) is 4.39. The van der Waals surface area contributed by atoms with Gasteiger partial charge in [0.2, 0.25) is 0 Å². The van der Waals surface area contributed by atoms with Crippen molar-refractivity contribution in [1.82, 2.24) is 0 Å². The summed E-state index contributed by atoms with van der Waals surface area (Å²) >= 11 is 0.447. The van der Waals surface area contributed by atoms with E-state index in [-0.39, 0.29) is 6.61 Å². The number of oxime groups is 1. The van der Waals surface area contributed by atoms with E-state index in [0.717, 1.165) is 11.3 Å². The number of carbonyl (C=O) groups excluding carboxylic acids is 1. The van der Waals surface area contributed by atoms with E-state index in [1.54, 1.807) is 12.1 Å². The fourth-order valence-corrected chi connectivity index (χ4v) is 2.43. The van der Waals surface area contributed by atoms with E-state index < -0.39 is 11.7 Å². The number of hydrogen-bond acceptors (Lipinski definition) is 5. The number of rotatable bonds is 9. The summed E-state index contributed by atoms with van der Waals surface area (Å²) in [4.78, 5) is 17.1. The smallest absolute Gasteiger partial charge is 0.288 e. The Morgan fingerprint density at radius 3 is 2.50 bits per heavy atom. The van der Waals surface area contributed by atoms with Gasteiger partial charge in [0.25, 0.3) is 11.7 Å². The minimum absolute atomic E-state index is 0.263. The predicted molar refractivity (Wildman–Crippen MR) is 98.1 cm³/mol. The minimum atomic E-state index is -2.47. The largest absolute Gasteiger partial charge is 0.494 e. The van der Waals surface area contributed by atoms with Gasteiger partial charge < -0.3 is 14.9 Å². The molecule has 0 bridgehead atoms. The van der Waals surface area contributed by atoms with Crippen LogP contribution in [0.1, 0.15) is 12.5 Å². The van der Waals surface area contributed by atoms with Gasteiger partial charge in [-0.2, -0.15) is 8.78 Å². The van der Waals surface area contributed by atoms with Crippen LogP contribution in [-0.4, -0.2) is 31.1 Å². The second-order valence-corrected chi connectivity index (χ2v) is 6.02. The van der Waals surface area contributed by atoms with Crippen molar-refractivity contribution in [2.75, 3.05) is 18.5 Å². The van der Waals surface area contributed by atoms with Crippen molar-refractivity contribution in [2.24, 2.45) is 5.16 Å². The number of hydrogen-bond donors (Lipinski definition) is 1. The molecule has 0 radical (unpaired) electrons. The van der Waals surface area contributed by atoms with Crippen LogP contribution in [0.5, 0.6) is 5.75 Å². The Morgan fingerprint density at radius 2 is 1.88 bits per heavy atom. The number of nitrogens with one attached hydrogen (secondary N) is 1. The molecule has 0 fully saturated rings. The van der Waals surface area contributed by atoms with Gasteiger partial charge in [-0.15, -0.1) is 0 Å². The Hall–Kier alpha value is -2.61. The van der Waals surface area contributed by atoms with E-state index in [1.807, 2.05) is 31.2 Å². The Morgan fingerprint density at radius 1 is 1.19 bits per heavy atom. The van der Waals surface area contributed by atoms with Crippen LogP contribution < -0.4 is 10.1 Å². The van der Waals surface area contributed by atoms with Gasteiger partial charge in [0.05, 0.1) is 12.8 Å². The quantitative estimate of drug-likeness (QED) is 0.398. The van der Waals surface area contributed by atoms with Crippen LogP contribution in [0.3, 0.4) is 0 Å². The van der Waals surface area contributed by atoms with E-state index in [2.05, 4.69) is 10.5 Å². The molecule has 26 heavy (non-hydrogen) atoms. The second-order valence-electron chi connectivity index (χ2n) is 4.96. The average Bonchev–Trinajstić information content (AvgIpc) is 2.62. The Kier molecular flexibility index (Phi) is 7.88. The number of alkyl halides is 2. The van der Waals surface area contributed by atoms with Crippen molar-refractivity contribution in [3.8, 4) is 5.75 Å². The molecule has 1 amide bonds. The van der Waals surface area contributed by atoms with E-state index in [9.17, 15) is 13.6 Å². The lowest BCUT2D eigenvalue weighted by Gasteiger charge is -2.05. The van der Waals surface area contributed by atoms with Gasteiger partial charge in [0.15, 0.2) is 6.61 Å². The van der Waals surface area contributed by atoms with Gasteiger partial charge in [-0.3, -0.25) is 4.79 Å². The molecule has 2 aromatic rings. The molecule has 0 atom stereocenters. The van der Waals surface area contributed by atoms with Crippen molar-refractivity contribution in [3.05, 3.63) is 54.1 Å². The SMILES string of the molecule is CCOc1ccc(/C=N/OCC(=O)Nc2ccc(SC(F)F)cc2)cc1. The molecule has 1 N–H and O–H groups in total. The first-order valence-corrected chi connectivity index (χ1v) is 8.67. The molecule has 5 nitrogen and oxygen atoms in total. The number of thioether (sulfide) groups is 1. The molecule has 0 saturated carbocycles. The maximum atomic E-state index is 12.2. The zero-order valence-electron chi connectivity index (χ0n) is 14.0. The summed E-state index contributed by atoms with van der Waals surface area (Å²) < 4.78 is 29.8. The lowest BCUT2D eigenvalue weighted by atomic mass is 10.2. The monoisotopic (exact) mass is 380 g/mol. The van der Waals surface area contributed by atoms with Gasteiger partial charge in [-0.25, -0.2) is 0 Å². The highest BCUT2D eigenvalue weighted by molar-refractivity contribution is 7.99. The van der Waals surface area contributed by atoms with Crippen LogP contribution in [-0.2, 0) is 9.63 Å². The first-order valence-electron chi connectivity index (χ1n) is 7.79. The Labute approximate surface area is 154 Å². The van der Waals surface area contributed by atoms with Gasteiger partial charge in [0.1, 0.15) is 5.75 Å². The van der Waals surface area contributed by atoms with Crippen LogP contribution in [0.2, 0.25) is 0 Å². The summed E-state index contributed by atoms with van der Waals surface area (Å²) in [5.74, 6) is -2.11. The zero-order chi connectivity index (χ0) is 18.8. The number of anilines is 1. The van der Waals surface area contributed by atoms with Gasteiger partial charge >= 0.3 is 0 Å². The molecule has 8 heteroatoms. The average molecular weight is 380 g/mol. The molecule has 0 spiro atoms. The fraction of sp³-hybridized carbons (Fsp3) is 0.222. The third kappa shape index (κ3) is 7.10. The summed E-state index contributed by atoms with van der Waals surface area (Å²) in [5, 5.41) is 6.32. The van der Waals surface area contributed by atoms with Crippen molar-refractivity contribution < 1.29 is 23.1 Å². The number of benzene rings is 2. The third-order valence-corrected chi connectivity index (χ3v) is 3.75.